The van der Waals surface area contributed by atoms with Gasteiger partial charge in [0.05, 0.1) is 16.0 Å². The molecule has 10 heteroatoms. The predicted octanol–water partition coefficient (Wildman–Crippen LogP) is 4.51. The number of aryl methyl sites for hydroxylation is 1. The van der Waals surface area contributed by atoms with Gasteiger partial charge < -0.3 is 5.32 Å². The van der Waals surface area contributed by atoms with Crippen molar-refractivity contribution in [3.8, 4) is 5.69 Å². The Morgan fingerprint density at radius 3 is 2.62 bits per heavy atom. The fraction of sp³-hybridized carbons (Fsp3) is 0.273. The van der Waals surface area contributed by atoms with E-state index in [1.54, 1.807) is 19.2 Å². The molecule has 1 heterocycles. The summed E-state index contributed by atoms with van der Waals surface area (Å²) in [7, 11) is -0.891. The first kappa shape index (κ1) is 24.3. The van der Waals surface area contributed by atoms with E-state index in [-0.39, 0.29) is 15.8 Å². The molecule has 0 spiro atoms. The average molecular weight is 493 g/mol. The van der Waals surface area contributed by atoms with Gasteiger partial charge in [0.25, 0.3) is 0 Å². The van der Waals surface area contributed by atoms with Crippen LogP contribution in [-0.4, -0.2) is 47.5 Å². The number of sulfonamides is 1. The molecule has 0 radical (unpaired) electrons. The van der Waals surface area contributed by atoms with Crippen molar-refractivity contribution in [3.05, 3.63) is 64.9 Å². The minimum atomic E-state index is -3.74. The second kappa shape index (κ2) is 9.66. The molecule has 170 valence electrons. The Balaban J connectivity index is 1.79. The number of benzene rings is 2. The number of hydrogen-bond acceptors (Lipinski definition) is 5. The van der Waals surface area contributed by atoms with Gasteiger partial charge in [-0.05, 0) is 56.2 Å². The molecular formula is C22H25ClN4O3S2. The van der Waals surface area contributed by atoms with Gasteiger partial charge in [-0.25, -0.2) is 17.7 Å². The summed E-state index contributed by atoms with van der Waals surface area (Å²) in [6.45, 7) is 5.88. The number of aromatic nitrogens is 2. The Kier molecular flexibility index (Phi) is 7.34. The zero-order valence-electron chi connectivity index (χ0n) is 18.5. The van der Waals surface area contributed by atoms with E-state index in [0.717, 1.165) is 15.6 Å². The number of rotatable bonds is 7. The standard InChI is InChI=1S/C22H25ClN4O3S2/c1-14-7-6-8-19(15(14)2)27-12-11-24-22(27)31-16(3)21(28)25-17-9-10-18(23)20(13-17)32(29,30)26(4)5/h6-13,16H,1-5H3,(H,25,28). The van der Waals surface area contributed by atoms with Gasteiger partial charge in [0, 0.05) is 32.2 Å². The smallest absolute Gasteiger partial charge is 0.244 e. The summed E-state index contributed by atoms with van der Waals surface area (Å²) in [5.74, 6) is -0.277. The molecule has 1 atom stereocenters. The number of halogens is 1. The molecule has 0 bridgehead atoms. The number of hydrogen-bond donors (Lipinski definition) is 1. The number of nitrogens with zero attached hydrogens (tertiary/aromatic N) is 3. The first-order valence-corrected chi connectivity index (χ1v) is 12.5. The fourth-order valence-corrected chi connectivity index (χ4v) is 5.26. The SMILES string of the molecule is Cc1cccc(-n2ccnc2SC(C)C(=O)Nc2ccc(Cl)c(S(=O)(=O)N(C)C)c2)c1C. The number of anilines is 1. The maximum Gasteiger partial charge on any atom is 0.244 e. The van der Waals surface area contributed by atoms with Gasteiger partial charge in [0.2, 0.25) is 15.9 Å². The lowest BCUT2D eigenvalue weighted by Gasteiger charge is -2.16. The second-order valence-electron chi connectivity index (χ2n) is 7.48. The van der Waals surface area contributed by atoms with Crippen LogP contribution in [0.1, 0.15) is 18.1 Å². The first-order chi connectivity index (χ1) is 15.0. The number of thioether (sulfide) groups is 1. The minimum Gasteiger partial charge on any atom is -0.325 e. The molecule has 0 saturated carbocycles. The van der Waals surface area contributed by atoms with Crippen LogP contribution >= 0.6 is 23.4 Å². The summed E-state index contributed by atoms with van der Waals surface area (Å²) in [6, 6.07) is 10.4. The highest BCUT2D eigenvalue weighted by Gasteiger charge is 2.23. The molecule has 0 aliphatic carbocycles. The average Bonchev–Trinajstić information content (AvgIpc) is 3.18. The van der Waals surface area contributed by atoms with Crippen LogP contribution in [0, 0.1) is 13.8 Å². The quantitative estimate of drug-likeness (QED) is 0.490. The largest absolute Gasteiger partial charge is 0.325 e. The van der Waals surface area contributed by atoms with Crippen LogP contribution < -0.4 is 5.32 Å². The van der Waals surface area contributed by atoms with E-state index in [9.17, 15) is 13.2 Å². The maximum atomic E-state index is 12.8. The van der Waals surface area contributed by atoms with Crippen LogP contribution in [0.5, 0.6) is 0 Å². The molecule has 0 saturated heterocycles. The molecule has 1 amide bonds. The van der Waals surface area contributed by atoms with Crippen LogP contribution in [-0.2, 0) is 14.8 Å². The summed E-state index contributed by atoms with van der Waals surface area (Å²) in [4.78, 5) is 17.2. The van der Waals surface area contributed by atoms with Crippen molar-refractivity contribution in [2.24, 2.45) is 0 Å². The van der Waals surface area contributed by atoms with Crippen LogP contribution in [0.15, 0.2) is 58.8 Å². The second-order valence-corrected chi connectivity index (χ2v) is 11.3. The van der Waals surface area contributed by atoms with Gasteiger partial charge in [0.15, 0.2) is 5.16 Å². The molecule has 0 aliphatic rings. The van der Waals surface area contributed by atoms with Crippen molar-refractivity contribution in [1.29, 1.82) is 0 Å². The van der Waals surface area contributed by atoms with E-state index in [0.29, 0.717) is 10.8 Å². The van der Waals surface area contributed by atoms with Crippen LogP contribution in [0.2, 0.25) is 5.02 Å². The Hall–Kier alpha value is -2.33. The van der Waals surface area contributed by atoms with E-state index >= 15 is 0 Å². The van der Waals surface area contributed by atoms with Crippen molar-refractivity contribution >= 4 is 45.0 Å². The van der Waals surface area contributed by atoms with E-state index in [2.05, 4.69) is 30.2 Å². The third kappa shape index (κ3) is 5.01. The van der Waals surface area contributed by atoms with Gasteiger partial charge in [-0.2, -0.15) is 0 Å². The van der Waals surface area contributed by atoms with Gasteiger partial charge in [-0.1, -0.05) is 35.5 Å². The van der Waals surface area contributed by atoms with E-state index < -0.39 is 15.3 Å². The maximum absolute atomic E-state index is 12.8. The molecular weight excluding hydrogens is 468 g/mol. The summed E-state index contributed by atoms with van der Waals surface area (Å²) in [5, 5.41) is 3.07. The van der Waals surface area contributed by atoms with Crippen molar-refractivity contribution in [1.82, 2.24) is 13.9 Å². The van der Waals surface area contributed by atoms with E-state index in [4.69, 9.17) is 11.6 Å². The van der Waals surface area contributed by atoms with Gasteiger partial charge in [0.1, 0.15) is 4.90 Å². The van der Waals surface area contributed by atoms with Crippen molar-refractivity contribution in [3.63, 3.8) is 0 Å². The number of carbonyl (C=O) groups is 1. The molecule has 3 rings (SSSR count). The van der Waals surface area contributed by atoms with Gasteiger partial charge in [-0.15, -0.1) is 0 Å². The molecule has 0 fully saturated rings. The molecule has 1 N–H and O–H groups in total. The first-order valence-electron chi connectivity index (χ1n) is 9.82. The zero-order valence-corrected chi connectivity index (χ0v) is 20.8. The molecule has 2 aromatic carbocycles. The molecule has 1 aromatic heterocycles. The fourth-order valence-electron chi connectivity index (χ4n) is 2.99. The third-order valence-corrected chi connectivity index (χ3v) is 8.43. The van der Waals surface area contributed by atoms with E-state index in [1.165, 1.54) is 43.6 Å². The van der Waals surface area contributed by atoms with Crippen molar-refractivity contribution < 1.29 is 13.2 Å². The van der Waals surface area contributed by atoms with Crippen molar-refractivity contribution in [2.75, 3.05) is 19.4 Å². The monoisotopic (exact) mass is 492 g/mol. The molecule has 32 heavy (non-hydrogen) atoms. The highest BCUT2D eigenvalue weighted by molar-refractivity contribution is 8.00. The molecule has 1 unspecified atom stereocenters. The summed E-state index contributed by atoms with van der Waals surface area (Å²) >= 11 is 7.40. The van der Waals surface area contributed by atoms with E-state index in [1.807, 2.05) is 22.9 Å². The number of amides is 1. The Morgan fingerprint density at radius 2 is 1.94 bits per heavy atom. The van der Waals surface area contributed by atoms with Crippen LogP contribution in [0.4, 0.5) is 5.69 Å². The highest BCUT2D eigenvalue weighted by Crippen LogP contribution is 2.29. The molecule has 3 aromatic rings. The Labute approximate surface area is 197 Å². The third-order valence-electron chi connectivity index (χ3n) is 5.05. The molecule has 0 aliphatic heterocycles. The van der Waals surface area contributed by atoms with Gasteiger partial charge >= 0.3 is 0 Å². The topological polar surface area (TPSA) is 84.3 Å². The van der Waals surface area contributed by atoms with Crippen LogP contribution in [0.3, 0.4) is 0 Å². The lowest BCUT2D eigenvalue weighted by molar-refractivity contribution is -0.115. The zero-order chi connectivity index (χ0) is 23.6. The highest BCUT2D eigenvalue weighted by atomic mass is 35.5. The predicted molar refractivity (Wildman–Crippen MR) is 129 cm³/mol. The van der Waals surface area contributed by atoms with Gasteiger partial charge in [-0.3, -0.25) is 9.36 Å². The van der Waals surface area contributed by atoms with Crippen molar-refractivity contribution in [2.45, 2.75) is 36.1 Å². The number of nitrogens with one attached hydrogen (secondary N) is 1. The Bertz CT molecular complexity index is 1260. The lowest BCUT2D eigenvalue weighted by Crippen LogP contribution is -2.24. The summed E-state index contributed by atoms with van der Waals surface area (Å²) in [6.07, 6.45) is 3.57. The normalized spacial score (nSPS) is 12.7. The lowest BCUT2D eigenvalue weighted by atomic mass is 10.1. The summed E-state index contributed by atoms with van der Waals surface area (Å²) in [5.41, 5.74) is 3.67. The number of imidazole rings is 1. The summed E-state index contributed by atoms with van der Waals surface area (Å²) < 4.78 is 28.0. The van der Waals surface area contributed by atoms with Crippen LogP contribution in [0.25, 0.3) is 5.69 Å². The minimum absolute atomic E-state index is 0.0623. The number of carbonyl (C=O) groups excluding carboxylic acids is 1. The Morgan fingerprint density at radius 1 is 1.22 bits per heavy atom. The molecule has 7 nitrogen and oxygen atoms in total.